The van der Waals surface area contributed by atoms with Crippen molar-refractivity contribution in [2.75, 3.05) is 32.8 Å². The number of amides is 2. The van der Waals surface area contributed by atoms with E-state index in [0.717, 1.165) is 5.56 Å². The Morgan fingerprint density at radius 2 is 1.67 bits per heavy atom. The maximum atomic E-state index is 13.2. The van der Waals surface area contributed by atoms with Gasteiger partial charge in [0.25, 0.3) is 0 Å². The number of allylic oxidation sites excluding steroid dienone is 1. The van der Waals surface area contributed by atoms with E-state index < -0.39 is 92.1 Å². The minimum atomic E-state index is -1.82. The smallest absolute Gasteiger partial charge is 0.333 e. The van der Waals surface area contributed by atoms with E-state index in [1.807, 2.05) is 13.8 Å². The monoisotopic (exact) mass is 823 g/mol. The molecule has 18 nitrogen and oxygen atoms in total. The molecule has 7 N–H and O–H groups in total. The third-order valence-electron chi connectivity index (χ3n) is 10.7. The SMILES string of the molecule is CC=C(C)C(=O)OCC1OC(OC2C(Oc3ccc(C4CC(=O)NCCCN(C(=O)C(C)CC)CC(OC(C)=O)CCN4)cc3)OC(C)C(O)C2O)C(O)C(O)C1O. The lowest BCUT2D eigenvalue weighted by molar-refractivity contribution is -0.355. The number of aliphatic hydroxyl groups is 5. The van der Waals surface area contributed by atoms with Gasteiger partial charge in [0.05, 0.1) is 12.6 Å². The topological polar surface area (TPSA) is 252 Å². The number of nitrogens with zero attached hydrogens (tertiary/aromatic N) is 1. The van der Waals surface area contributed by atoms with Crippen molar-refractivity contribution < 1.29 is 73.1 Å². The Hall–Kier alpha value is -3.72. The molecule has 0 bridgehead atoms. The van der Waals surface area contributed by atoms with Gasteiger partial charge in [0.15, 0.2) is 12.4 Å². The van der Waals surface area contributed by atoms with Gasteiger partial charge in [0.2, 0.25) is 18.1 Å². The van der Waals surface area contributed by atoms with Gasteiger partial charge in [0.1, 0.15) is 55.1 Å². The molecule has 1 aromatic rings. The van der Waals surface area contributed by atoms with Crippen LogP contribution in [0.5, 0.6) is 5.75 Å². The molecule has 0 spiro atoms. The van der Waals surface area contributed by atoms with Gasteiger partial charge in [-0.2, -0.15) is 0 Å². The quantitative estimate of drug-likeness (QED) is 0.114. The molecule has 3 aliphatic heterocycles. The van der Waals surface area contributed by atoms with Gasteiger partial charge in [0, 0.05) is 44.0 Å². The zero-order valence-electron chi connectivity index (χ0n) is 34.0. The van der Waals surface area contributed by atoms with Crippen molar-refractivity contribution in [2.24, 2.45) is 5.92 Å². The van der Waals surface area contributed by atoms with Crippen molar-refractivity contribution in [1.82, 2.24) is 15.5 Å². The number of carbonyl (C=O) groups is 4. The number of nitrogens with one attached hydrogen (secondary N) is 2. The van der Waals surface area contributed by atoms with Crippen molar-refractivity contribution in [3.8, 4) is 5.75 Å². The molecule has 3 heterocycles. The van der Waals surface area contributed by atoms with Crippen LogP contribution in [0.3, 0.4) is 0 Å². The summed E-state index contributed by atoms with van der Waals surface area (Å²) < 4.78 is 34.4. The first-order valence-corrected chi connectivity index (χ1v) is 19.9. The molecule has 3 fully saturated rings. The van der Waals surface area contributed by atoms with Crippen molar-refractivity contribution in [2.45, 2.75) is 141 Å². The molecule has 3 saturated heterocycles. The Kier molecular flexibility index (Phi) is 17.8. The first kappa shape index (κ1) is 47.0. The summed E-state index contributed by atoms with van der Waals surface area (Å²) in [5.41, 5.74) is 1.02. The second-order valence-corrected chi connectivity index (χ2v) is 15.1. The zero-order valence-corrected chi connectivity index (χ0v) is 34.0. The lowest BCUT2D eigenvalue weighted by atomic mass is 9.97. The van der Waals surface area contributed by atoms with Crippen LogP contribution < -0.4 is 15.4 Å². The van der Waals surface area contributed by atoms with Crippen LogP contribution in [0.15, 0.2) is 35.9 Å². The van der Waals surface area contributed by atoms with Gasteiger partial charge in [-0.05, 0) is 64.3 Å². The van der Waals surface area contributed by atoms with Crippen LogP contribution in [-0.4, -0.2) is 154 Å². The van der Waals surface area contributed by atoms with Crippen LogP contribution >= 0.6 is 0 Å². The third-order valence-corrected chi connectivity index (χ3v) is 10.7. The Morgan fingerprint density at radius 3 is 2.33 bits per heavy atom. The molecule has 18 heteroatoms. The van der Waals surface area contributed by atoms with Gasteiger partial charge in [-0.15, -0.1) is 0 Å². The van der Waals surface area contributed by atoms with Crippen molar-refractivity contribution in [1.29, 1.82) is 0 Å². The summed E-state index contributed by atoms with van der Waals surface area (Å²) in [4.78, 5) is 52.1. The number of rotatable bonds is 11. The predicted molar refractivity (Wildman–Crippen MR) is 205 cm³/mol. The fourth-order valence-corrected chi connectivity index (χ4v) is 6.79. The highest BCUT2D eigenvalue weighted by Gasteiger charge is 2.51. The minimum absolute atomic E-state index is 0.0343. The lowest BCUT2D eigenvalue weighted by Crippen LogP contribution is -2.64. The molecule has 1 aromatic carbocycles. The zero-order chi connectivity index (χ0) is 42.7. The molecule has 326 valence electrons. The normalized spacial score (nSPS) is 33.7. The fourth-order valence-electron chi connectivity index (χ4n) is 6.79. The summed E-state index contributed by atoms with van der Waals surface area (Å²) >= 11 is 0. The lowest BCUT2D eigenvalue weighted by Gasteiger charge is -2.45. The van der Waals surface area contributed by atoms with E-state index in [2.05, 4.69) is 10.6 Å². The highest BCUT2D eigenvalue weighted by atomic mass is 16.8. The number of ether oxygens (including phenoxy) is 6. The molecular weight excluding hydrogens is 762 g/mol. The molecular formula is C40H61N3O15. The standard InChI is InChI=1S/C40H61N3O15/c1-7-21(3)37(51)43-17-9-15-42-30(45)18-28(41-16-14-27(19-43)55-24(6)44)25-10-12-26(13-11-25)56-40-36(34(49)31(46)23(5)54-40)58-39-35(50)33(48)32(47)29(57-39)20-53-38(52)22(4)8-2/h8,10-13,21,23,27-29,31-36,39-41,46-50H,7,9,14-20H2,1-6H3,(H,42,45). The molecule has 0 aliphatic carbocycles. The Morgan fingerprint density at radius 1 is 0.966 bits per heavy atom. The summed E-state index contributed by atoms with van der Waals surface area (Å²) in [6, 6.07) is 6.22. The van der Waals surface area contributed by atoms with Gasteiger partial charge in [-0.25, -0.2) is 4.79 Å². The van der Waals surface area contributed by atoms with Crippen LogP contribution in [0.25, 0.3) is 0 Å². The average molecular weight is 824 g/mol. The molecule has 2 amide bonds. The number of aliphatic hydroxyl groups excluding tert-OH is 5. The van der Waals surface area contributed by atoms with Crippen molar-refractivity contribution in [3.63, 3.8) is 0 Å². The molecule has 0 aromatic heterocycles. The van der Waals surface area contributed by atoms with Gasteiger partial charge in [-0.3, -0.25) is 14.4 Å². The minimum Gasteiger partial charge on any atom is -0.462 e. The highest BCUT2D eigenvalue weighted by Crippen LogP contribution is 2.31. The summed E-state index contributed by atoms with van der Waals surface area (Å²) in [7, 11) is 0. The summed E-state index contributed by atoms with van der Waals surface area (Å²) in [6.45, 7) is 10.7. The summed E-state index contributed by atoms with van der Waals surface area (Å²) in [5.74, 6) is -1.33. The number of benzene rings is 1. The maximum absolute atomic E-state index is 13.2. The van der Waals surface area contributed by atoms with Crippen LogP contribution in [0, 0.1) is 5.92 Å². The number of hydrogen-bond donors (Lipinski definition) is 7. The van der Waals surface area contributed by atoms with Crippen LogP contribution in [0.2, 0.25) is 0 Å². The van der Waals surface area contributed by atoms with E-state index in [-0.39, 0.29) is 36.4 Å². The highest BCUT2D eigenvalue weighted by molar-refractivity contribution is 5.87. The van der Waals surface area contributed by atoms with Crippen molar-refractivity contribution >= 4 is 23.8 Å². The van der Waals surface area contributed by atoms with Crippen LogP contribution in [0.1, 0.15) is 78.8 Å². The van der Waals surface area contributed by atoms with E-state index in [9.17, 15) is 44.7 Å². The number of hydrogen-bond acceptors (Lipinski definition) is 16. The molecule has 0 saturated carbocycles. The van der Waals surface area contributed by atoms with Crippen molar-refractivity contribution in [3.05, 3.63) is 41.5 Å². The molecule has 3 aliphatic rings. The van der Waals surface area contributed by atoms with Gasteiger partial charge in [-0.1, -0.05) is 32.1 Å². The predicted octanol–water partition coefficient (Wildman–Crippen LogP) is -0.0286. The van der Waals surface area contributed by atoms with Gasteiger partial charge >= 0.3 is 11.9 Å². The Labute approximate surface area is 338 Å². The van der Waals surface area contributed by atoms with E-state index in [0.29, 0.717) is 44.5 Å². The molecule has 4 rings (SSSR count). The van der Waals surface area contributed by atoms with Crippen LogP contribution in [-0.2, 0) is 42.9 Å². The van der Waals surface area contributed by atoms with E-state index in [4.69, 9.17) is 28.4 Å². The third kappa shape index (κ3) is 12.6. The maximum Gasteiger partial charge on any atom is 0.333 e. The van der Waals surface area contributed by atoms with Crippen LogP contribution in [0.4, 0.5) is 0 Å². The summed E-state index contributed by atoms with van der Waals surface area (Å²) in [6.07, 6.45) is -12.5. The van der Waals surface area contributed by atoms with E-state index >= 15 is 0 Å². The Balaban J connectivity index is 1.48. The summed E-state index contributed by atoms with van der Waals surface area (Å²) in [5, 5.41) is 60.0. The average Bonchev–Trinajstić information content (AvgIpc) is 3.21. The molecule has 13 unspecified atom stereocenters. The Bertz CT molecular complexity index is 1550. The molecule has 58 heavy (non-hydrogen) atoms. The first-order valence-electron chi connectivity index (χ1n) is 19.9. The fraction of sp³-hybridized carbons (Fsp3) is 0.700. The van der Waals surface area contributed by atoms with E-state index in [1.54, 1.807) is 36.1 Å². The van der Waals surface area contributed by atoms with E-state index in [1.165, 1.54) is 26.8 Å². The number of carbonyl (C=O) groups excluding carboxylic acids is 4. The number of esters is 2. The second-order valence-electron chi connectivity index (χ2n) is 15.1. The molecule has 0 radical (unpaired) electrons. The second kappa shape index (κ2) is 22.0. The largest absolute Gasteiger partial charge is 0.462 e. The van der Waals surface area contributed by atoms with Gasteiger partial charge < -0.3 is 69.5 Å². The molecule has 13 atom stereocenters. The first-order chi connectivity index (χ1) is 27.5.